The molecule has 0 radical (unpaired) electrons. The van der Waals surface area contributed by atoms with Crippen molar-refractivity contribution in [2.24, 2.45) is 5.92 Å². The Kier molecular flexibility index (Phi) is 4.99. The van der Waals surface area contributed by atoms with Crippen LogP contribution in [0.4, 0.5) is 0 Å². The van der Waals surface area contributed by atoms with Gasteiger partial charge >= 0.3 is 5.97 Å². The molecule has 0 rings (SSSR count). The number of esters is 1. The molecule has 0 aliphatic heterocycles. The van der Waals surface area contributed by atoms with Crippen molar-refractivity contribution in [1.82, 2.24) is 0 Å². The van der Waals surface area contributed by atoms with Gasteiger partial charge < -0.3 is 9.47 Å². The first kappa shape index (κ1) is 12.4. The highest BCUT2D eigenvalue weighted by Gasteiger charge is 2.30. The quantitative estimate of drug-likeness (QED) is 0.619. The Morgan fingerprint density at radius 3 is 2.31 bits per heavy atom. The summed E-state index contributed by atoms with van der Waals surface area (Å²) in [5, 5.41) is 0. The lowest BCUT2D eigenvalue weighted by atomic mass is 10.1. The minimum atomic E-state index is -0.819. The van der Waals surface area contributed by atoms with Crippen LogP contribution in [-0.4, -0.2) is 24.8 Å². The fraction of sp³-hybridized carbons (Fsp3) is 0.900. The first-order valence-electron chi connectivity index (χ1n) is 4.71. The number of ether oxygens (including phenoxy) is 2. The van der Waals surface area contributed by atoms with Crippen LogP contribution in [0.3, 0.4) is 0 Å². The van der Waals surface area contributed by atoms with E-state index in [-0.39, 0.29) is 5.97 Å². The topological polar surface area (TPSA) is 35.5 Å². The van der Waals surface area contributed by atoms with Crippen LogP contribution in [0.5, 0.6) is 0 Å². The fourth-order valence-electron chi connectivity index (χ4n) is 0.739. The van der Waals surface area contributed by atoms with Crippen molar-refractivity contribution in [3.8, 4) is 0 Å². The summed E-state index contributed by atoms with van der Waals surface area (Å²) in [4.78, 5) is 11.3. The van der Waals surface area contributed by atoms with Crippen molar-refractivity contribution in [2.75, 3.05) is 13.2 Å². The molecule has 0 heterocycles. The maximum atomic E-state index is 11.3. The Hall–Kier alpha value is -0.570. The summed E-state index contributed by atoms with van der Waals surface area (Å²) in [6, 6.07) is 0. The highest BCUT2D eigenvalue weighted by atomic mass is 16.6. The molecule has 78 valence electrons. The van der Waals surface area contributed by atoms with Crippen LogP contribution in [0, 0.1) is 5.92 Å². The molecule has 0 N–H and O–H groups in total. The first-order chi connectivity index (χ1) is 5.90. The summed E-state index contributed by atoms with van der Waals surface area (Å²) < 4.78 is 10.3. The zero-order valence-electron chi connectivity index (χ0n) is 9.22. The molecule has 0 atom stereocenters. The molecule has 0 fully saturated rings. The minimum Gasteiger partial charge on any atom is -0.464 e. The van der Waals surface area contributed by atoms with Crippen molar-refractivity contribution in [2.45, 2.75) is 40.2 Å². The standard InChI is InChI=1S/C10H20O3/c1-6-12-9(11)10(4,5)13-7-8(2)3/h8H,6-7H2,1-5H3. The van der Waals surface area contributed by atoms with Crippen LogP contribution in [0.25, 0.3) is 0 Å². The summed E-state index contributed by atoms with van der Waals surface area (Å²) in [5.74, 6) is 0.129. The van der Waals surface area contributed by atoms with Crippen molar-refractivity contribution < 1.29 is 14.3 Å². The lowest BCUT2D eigenvalue weighted by Crippen LogP contribution is -2.37. The highest BCUT2D eigenvalue weighted by molar-refractivity contribution is 5.78. The molecule has 0 aliphatic carbocycles. The Labute approximate surface area is 80.4 Å². The van der Waals surface area contributed by atoms with E-state index >= 15 is 0 Å². The van der Waals surface area contributed by atoms with Gasteiger partial charge in [0.25, 0.3) is 0 Å². The molecule has 0 spiro atoms. The highest BCUT2D eigenvalue weighted by Crippen LogP contribution is 2.13. The molecule has 0 saturated carbocycles. The second-order valence-electron chi connectivity index (χ2n) is 3.94. The van der Waals surface area contributed by atoms with Crippen LogP contribution in [-0.2, 0) is 14.3 Å². The van der Waals surface area contributed by atoms with E-state index in [0.29, 0.717) is 19.1 Å². The zero-order valence-corrected chi connectivity index (χ0v) is 9.22. The van der Waals surface area contributed by atoms with E-state index in [9.17, 15) is 4.79 Å². The third-order valence-electron chi connectivity index (χ3n) is 1.54. The third-order valence-corrected chi connectivity index (χ3v) is 1.54. The number of carbonyl (C=O) groups excluding carboxylic acids is 1. The third kappa shape index (κ3) is 4.88. The Morgan fingerprint density at radius 2 is 1.92 bits per heavy atom. The summed E-state index contributed by atoms with van der Waals surface area (Å²) >= 11 is 0. The number of hydrogen-bond acceptors (Lipinski definition) is 3. The smallest absolute Gasteiger partial charge is 0.337 e. The lowest BCUT2D eigenvalue weighted by molar-refractivity contribution is -0.168. The van der Waals surface area contributed by atoms with Crippen LogP contribution in [0.15, 0.2) is 0 Å². The molecule has 3 nitrogen and oxygen atoms in total. The van der Waals surface area contributed by atoms with Gasteiger partial charge in [-0.2, -0.15) is 0 Å². The lowest BCUT2D eigenvalue weighted by Gasteiger charge is -2.23. The maximum Gasteiger partial charge on any atom is 0.337 e. The minimum absolute atomic E-state index is 0.296. The van der Waals surface area contributed by atoms with Gasteiger partial charge in [0.05, 0.1) is 13.2 Å². The largest absolute Gasteiger partial charge is 0.464 e. The predicted molar refractivity (Wildman–Crippen MR) is 51.5 cm³/mol. The molecule has 0 amide bonds. The van der Waals surface area contributed by atoms with Crippen LogP contribution >= 0.6 is 0 Å². The van der Waals surface area contributed by atoms with Gasteiger partial charge in [-0.15, -0.1) is 0 Å². The SMILES string of the molecule is CCOC(=O)C(C)(C)OCC(C)C. The van der Waals surface area contributed by atoms with Crippen LogP contribution < -0.4 is 0 Å². The van der Waals surface area contributed by atoms with E-state index < -0.39 is 5.60 Å². The molecule has 0 aromatic carbocycles. The predicted octanol–water partition coefficient (Wildman–Crippen LogP) is 2.00. The van der Waals surface area contributed by atoms with Crippen molar-refractivity contribution in [1.29, 1.82) is 0 Å². The average molecular weight is 188 g/mol. The monoisotopic (exact) mass is 188 g/mol. The van der Waals surface area contributed by atoms with Gasteiger partial charge in [-0.05, 0) is 26.7 Å². The van der Waals surface area contributed by atoms with Crippen LogP contribution in [0.2, 0.25) is 0 Å². The van der Waals surface area contributed by atoms with Gasteiger partial charge in [0.15, 0.2) is 5.60 Å². The van der Waals surface area contributed by atoms with E-state index in [2.05, 4.69) is 0 Å². The molecule has 0 aromatic heterocycles. The van der Waals surface area contributed by atoms with Gasteiger partial charge in [0.2, 0.25) is 0 Å². The summed E-state index contributed by atoms with van der Waals surface area (Å²) in [6.45, 7) is 10.3. The normalized spacial score (nSPS) is 11.8. The average Bonchev–Trinajstić information content (AvgIpc) is 2.01. The van der Waals surface area contributed by atoms with E-state index in [1.54, 1.807) is 20.8 Å². The molecule has 13 heavy (non-hydrogen) atoms. The van der Waals surface area contributed by atoms with Crippen molar-refractivity contribution in [3.05, 3.63) is 0 Å². The van der Waals surface area contributed by atoms with E-state index in [0.717, 1.165) is 0 Å². The van der Waals surface area contributed by atoms with Crippen LogP contribution in [0.1, 0.15) is 34.6 Å². The van der Waals surface area contributed by atoms with Crippen molar-refractivity contribution >= 4 is 5.97 Å². The molecular formula is C10H20O3. The van der Waals surface area contributed by atoms with Crippen molar-refractivity contribution in [3.63, 3.8) is 0 Å². The number of hydrogen-bond donors (Lipinski definition) is 0. The molecule has 0 aromatic rings. The van der Waals surface area contributed by atoms with Gasteiger partial charge in [-0.25, -0.2) is 4.79 Å². The molecule has 0 aliphatic rings. The van der Waals surface area contributed by atoms with E-state index in [1.165, 1.54) is 0 Å². The van der Waals surface area contributed by atoms with E-state index in [4.69, 9.17) is 9.47 Å². The fourth-order valence-corrected chi connectivity index (χ4v) is 0.739. The maximum absolute atomic E-state index is 11.3. The molecular weight excluding hydrogens is 168 g/mol. The van der Waals surface area contributed by atoms with Gasteiger partial charge in [0, 0.05) is 0 Å². The molecule has 3 heteroatoms. The first-order valence-corrected chi connectivity index (χ1v) is 4.71. The van der Waals surface area contributed by atoms with Gasteiger partial charge in [-0.3, -0.25) is 0 Å². The molecule has 0 unspecified atom stereocenters. The second-order valence-corrected chi connectivity index (χ2v) is 3.94. The number of rotatable bonds is 5. The van der Waals surface area contributed by atoms with E-state index in [1.807, 2.05) is 13.8 Å². The van der Waals surface area contributed by atoms with Gasteiger partial charge in [0.1, 0.15) is 0 Å². The molecule has 0 bridgehead atoms. The number of carbonyl (C=O) groups is 1. The van der Waals surface area contributed by atoms with Gasteiger partial charge in [-0.1, -0.05) is 13.8 Å². The summed E-state index contributed by atoms with van der Waals surface area (Å²) in [7, 11) is 0. The molecule has 0 saturated heterocycles. The Balaban J connectivity index is 3.98. The second kappa shape index (κ2) is 5.22. The zero-order chi connectivity index (χ0) is 10.5. The summed E-state index contributed by atoms with van der Waals surface area (Å²) in [5.41, 5.74) is -0.819. The Bertz CT molecular complexity index is 162. The Morgan fingerprint density at radius 1 is 1.38 bits per heavy atom. The summed E-state index contributed by atoms with van der Waals surface area (Å²) in [6.07, 6.45) is 0.